The fraction of sp³-hybridized carbons (Fsp3) is 0.500. The standard InChI is InChI=1S/C14H21F2N3/c1-4-17-14(19-10(2)3)18-8-7-11-5-6-12(15)9-13(11)16/h5-6,9-10H,4,7-8H2,1-3H3,(H2,17,18,19). The van der Waals surface area contributed by atoms with Gasteiger partial charge in [0.1, 0.15) is 11.6 Å². The molecule has 0 spiro atoms. The number of rotatable bonds is 5. The first-order chi connectivity index (χ1) is 9.02. The van der Waals surface area contributed by atoms with Crippen molar-refractivity contribution in [1.29, 1.82) is 0 Å². The minimum absolute atomic E-state index is 0.278. The maximum atomic E-state index is 13.4. The molecule has 0 saturated heterocycles. The highest BCUT2D eigenvalue weighted by Crippen LogP contribution is 2.10. The fourth-order valence-electron chi connectivity index (χ4n) is 1.61. The van der Waals surface area contributed by atoms with Crippen LogP contribution >= 0.6 is 0 Å². The van der Waals surface area contributed by atoms with E-state index >= 15 is 0 Å². The Labute approximate surface area is 113 Å². The molecule has 1 aromatic rings. The van der Waals surface area contributed by atoms with Gasteiger partial charge in [-0.3, -0.25) is 4.99 Å². The summed E-state index contributed by atoms with van der Waals surface area (Å²) in [6, 6.07) is 3.90. The summed E-state index contributed by atoms with van der Waals surface area (Å²) in [5.74, 6) is -0.364. The van der Waals surface area contributed by atoms with Crippen LogP contribution in [0.15, 0.2) is 23.2 Å². The fourth-order valence-corrected chi connectivity index (χ4v) is 1.61. The second-order valence-electron chi connectivity index (χ2n) is 4.55. The van der Waals surface area contributed by atoms with E-state index in [0.29, 0.717) is 24.5 Å². The lowest BCUT2D eigenvalue weighted by Crippen LogP contribution is -2.41. The van der Waals surface area contributed by atoms with Crippen molar-refractivity contribution in [3.05, 3.63) is 35.4 Å². The Kier molecular flexibility index (Phi) is 6.25. The van der Waals surface area contributed by atoms with Gasteiger partial charge in [0.05, 0.1) is 0 Å². The molecule has 2 N–H and O–H groups in total. The molecule has 3 nitrogen and oxygen atoms in total. The van der Waals surface area contributed by atoms with E-state index in [1.54, 1.807) is 0 Å². The van der Waals surface area contributed by atoms with E-state index in [1.807, 2.05) is 20.8 Å². The largest absolute Gasteiger partial charge is 0.357 e. The van der Waals surface area contributed by atoms with E-state index in [4.69, 9.17) is 0 Å². The van der Waals surface area contributed by atoms with Crippen molar-refractivity contribution in [3.8, 4) is 0 Å². The van der Waals surface area contributed by atoms with E-state index in [9.17, 15) is 8.78 Å². The molecule has 1 aromatic carbocycles. The highest BCUT2D eigenvalue weighted by atomic mass is 19.1. The molecule has 0 saturated carbocycles. The zero-order valence-corrected chi connectivity index (χ0v) is 11.6. The molecular weight excluding hydrogens is 248 g/mol. The van der Waals surface area contributed by atoms with Crippen LogP contribution in [0.25, 0.3) is 0 Å². The molecule has 0 bridgehead atoms. The van der Waals surface area contributed by atoms with E-state index < -0.39 is 11.6 Å². The molecule has 1 rings (SSSR count). The number of halogens is 2. The summed E-state index contributed by atoms with van der Waals surface area (Å²) in [6.45, 7) is 7.24. The average molecular weight is 269 g/mol. The van der Waals surface area contributed by atoms with Gasteiger partial charge in [-0.2, -0.15) is 0 Å². The van der Waals surface area contributed by atoms with Gasteiger partial charge in [0.15, 0.2) is 5.96 Å². The molecule has 5 heteroatoms. The number of aliphatic imine (C=N–C) groups is 1. The van der Waals surface area contributed by atoms with E-state index in [2.05, 4.69) is 15.6 Å². The van der Waals surface area contributed by atoms with Crippen molar-refractivity contribution < 1.29 is 8.78 Å². The predicted molar refractivity (Wildman–Crippen MR) is 74.3 cm³/mol. The molecule has 0 unspecified atom stereocenters. The van der Waals surface area contributed by atoms with Gasteiger partial charge in [0.2, 0.25) is 0 Å². The number of nitrogens with one attached hydrogen (secondary N) is 2. The number of guanidine groups is 1. The molecule has 0 aliphatic carbocycles. The third kappa shape index (κ3) is 5.68. The first-order valence-electron chi connectivity index (χ1n) is 6.51. The van der Waals surface area contributed by atoms with Crippen LogP contribution in [0, 0.1) is 11.6 Å². The van der Waals surface area contributed by atoms with E-state index in [0.717, 1.165) is 12.6 Å². The van der Waals surface area contributed by atoms with E-state index in [-0.39, 0.29) is 6.04 Å². The molecule has 0 radical (unpaired) electrons. The van der Waals surface area contributed by atoms with Gasteiger partial charge in [-0.05, 0) is 38.8 Å². The maximum Gasteiger partial charge on any atom is 0.191 e. The van der Waals surface area contributed by atoms with Gasteiger partial charge in [-0.15, -0.1) is 0 Å². The molecule has 0 amide bonds. The Hall–Kier alpha value is -1.65. The monoisotopic (exact) mass is 269 g/mol. The summed E-state index contributed by atoms with van der Waals surface area (Å²) >= 11 is 0. The topological polar surface area (TPSA) is 36.4 Å². The molecule has 0 aliphatic rings. The molecule has 0 fully saturated rings. The lowest BCUT2D eigenvalue weighted by molar-refractivity contribution is 0.572. The Morgan fingerprint density at radius 3 is 2.63 bits per heavy atom. The summed E-state index contributed by atoms with van der Waals surface area (Å²) in [5.41, 5.74) is 0.477. The van der Waals surface area contributed by atoms with Crippen LogP contribution in [-0.4, -0.2) is 25.1 Å². The van der Waals surface area contributed by atoms with Crippen molar-refractivity contribution in [3.63, 3.8) is 0 Å². The predicted octanol–water partition coefficient (Wildman–Crippen LogP) is 2.47. The zero-order valence-electron chi connectivity index (χ0n) is 11.6. The molecule has 0 aromatic heterocycles. The molecule has 0 atom stereocenters. The number of hydrogen-bond donors (Lipinski definition) is 2. The third-order valence-corrected chi connectivity index (χ3v) is 2.44. The minimum atomic E-state index is -0.556. The lowest BCUT2D eigenvalue weighted by Gasteiger charge is -2.13. The second kappa shape index (κ2) is 7.71. The van der Waals surface area contributed by atoms with Gasteiger partial charge in [-0.25, -0.2) is 8.78 Å². The smallest absolute Gasteiger partial charge is 0.191 e. The van der Waals surface area contributed by atoms with Crippen LogP contribution < -0.4 is 10.6 Å². The molecular formula is C14H21F2N3. The second-order valence-corrected chi connectivity index (χ2v) is 4.55. The summed E-state index contributed by atoms with van der Waals surface area (Å²) in [6.07, 6.45) is 0.445. The van der Waals surface area contributed by atoms with Crippen LogP contribution in [0.3, 0.4) is 0 Å². The van der Waals surface area contributed by atoms with Gasteiger partial charge in [-0.1, -0.05) is 6.07 Å². The minimum Gasteiger partial charge on any atom is -0.357 e. The normalized spacial score (nSPS) is 11.8. The van der Waals surface area contributed by atoms with Crippen LogP contribution in [0.5, 0.6) is 0 Å². The average Bonchev–Trinajstić information content (AvgIpc) is 2.31. The van der Waals surface area contributed by atoms with Gasteiger partial charge >= 0.3 is 0 Å². The summed E-state index contributed by atoms with van der Waals surface area (Å²) in [5, 5.41) is 6.28. The number of hydrogen-bond acceptors (Lipinski definition) is 1. The SMILES string of the molecule is CCNC(=NCCc1ccc(F)cc1F)NC(C)C. The highest BCUT2D eigenvalue weighted by Gasteiger charge is 2.04. The van der Waals surface area contributed by atoms with Crippen LogP contribution in [0.1, 0.15) is 26.3 Å². The van der Waals surface area contributed by atoms with E-state index in [1.165, 1.54) is 12.1 Å². The van der Waals surface area contributed by atoms with Gasteiger partial charge in [0, 0.05) is 25.2 Å². The van der Waals surface area contributed by atoms with Crippen molar-refractivity contribution in [1.82, 2.24) is 10.6 Å². The Balaban J connectivity index is 2.58. The molecule has 0 aliphatic heterocycles. The first-order valence-corrected chi connectivity index (χ1v) is 6.51. The Morgan fingerprint density at radius 1 is 1.32 bits per heavy atom. The first kappa shape index (κ1) is 15.4. The van der Waals surface area contributed by atoms with Crippen LogP contribution in [-0.2, 0) is 6.42 Å². The van der Waals surface area contributed by atoms with Crippen molar-refractivity contribution >= 4 is 5.96 Å². The lowest BCUT2D eigenvalue weighted by atomic mass is 10.1. The molecule has 19 heavy (non-hydrogen) atoms. The number of benzene rings is 1. The van der Waals surface area contributed by atoms with Crippen molar-refractivity contribution in [2.24, 2.45) is 4.99 Å². The van der Waals surface area contributed by atoms with Gasteiger partial charge < -0.3 is 10.6 Å². The van der Waals surface area contributed by atoms with Crippen LogP contribution in [0.4, 0.5) is 8.78 Å². The summed E-state index contributed by atoms with van der Waals surface area (Å²) in [4.78, 5) is 4.35. The summed E-state index contributed by atoms with van der Waals surface area (Å²) < 4.78 is 26.2. The zero-order chi connectivity index (χ0) is 14.3. The quantitative estimate of drug-likeness (QED) is 0.636. The van der Waals surface area contributed by atoms with Crippen molar-refractivity contribution in [2.75, 3.05) is 13.1 Å². The molecule has 0 heterocycles. The Morgan fingerprint density at radius 2 is 2.05 bits per heavy atom. The third-order valence-electron chi connectivity index (χ3n) is 2.44. The number of nitrogens with zero attached hydrogens (tertiary/aromatic N) is 1. The molecule has 106 valence electrons. The highest BCUT2D eigenvalue weighted by molar-refractivity contribution is 5.79. The van der Waals surface area contributed by atoms with Crippen LogP contribution in [0.2, 0.25) is 0 Å². The van der Waals surface area contributed by atoms with Gasteiger partial charge in [0.25, 0.3) is 0 Å². The maximum absolute atomic E-state index is 13.4. The summed E-state index contributed by atoms with van der Waals surface area (Å²) in [7, 11) is 0. The van der Waals surface area contributed by atoms with Crippen molar-refractivity contribution in [2.45, 2.75) is 33.2 Å². The Bertz CT molecular complexity index is 431.